The molecule has 0 saturated carbocycles. The van der Waals surface area contributed by atoms with Gasteiger partial charge in [-0.15, -0.1) is 0 Å². The van der Waals surface area contributed by atoms with Gasteiger partial charge in [0, 0.05) is 19.2 Å². The molecule has 3 aromatic carbocycles. The van der Waals surface area contributed by atoms with Crippen molar-refractivity contribution in [2.24, 2.45) is 0 Å². The number of benzene rings is 3. The molecule has 4 rings (SSSR count). The van der Waals surface area contributed by atoms with Crippen LogP contribution in [-0.4, -0.2) is 42.0 Å². The summed E-state index contributed by atoms with van der Waals surface area (Å²) in [6.07, 6.45) is 0. The van der Waals surface area contributed by atoms with Crippen LogP contribution in [0.5, 0.6) is 5.75 Å². The number of halogens is 2. The predicted molar refractivity (Wildman–Crippen MR) is 129 cm³/mol. The SMILES string of the molecule is COCCN1C(=O)C(=O)/C(=C(\O)c2ccc(F)c(C)c2)C1c1ccc(OCc2ccc(F)cc2)cc1. The van der Waals surface area contributed by atoms with E-state index in [1.54, 1.807) is 43.3 Å². The van der Waals surface area contributed by atoms with Crippen molar-refractivity contribution in [3.63, 3.8) is 0 Å². The smallest absolute Gasteiger partial charge is 0.295 e. The number of aliphatic hydroxyl groups excluding tert-OH is 1. The van der Waals surface area contributed by atoms with Crippen molar-refractivity contribution in [2.75, 3.05) is 20.3 Å². The van der Waals surface area contributed by atoms with Crippen LogP contribution in [0.25, 0.3) is 5.76 Å². The molecule has 6 nitrogen and oxygen atoms in total. The van der Waals surface area contributed by atoms with Crippen molar-refractivity contribution in [3.05, 3.63) is 106 Å². The van der Waals surface area contributed by atoms with Gasteiger partial charge in [0.05, 0.1) is 18.2 Å². The van der Waals surface area contributed by atoms with Crippen LogP contribution >= 0.6 is 0 Å². The van der Waals surface area contributed by atoms with Gasteiger partial charge in [0.15, 0.2) is 0 Å². The fourth-order valence-corrected chi connectivity index (χ4v) is 4.09. The maximum Gasteiger partial charge on any atom is 0.295 e. The summed E-state index contributed by atoms with van der Waals surface area (Å²) in [4.78, 5) is 27.2. The Labute approximate surface area is 207 Å². The van der Waals surface area contributed by atoms with Gasteiger partial charge in [-0.3, -0.25) is 9.59 Å². The normalized spacial score (nSPS) is 17.0. The number of ketones is 1. The number of hydrogen-bond acceptors (Lipinski definition) is 5. The number of Topliss-reactive ketones (excluding diaryl/α,β-unsaturated/α-hetero) is 1. The number of likely N-dealkylation sites (tertiary alicyclic amines) is 1. The molecule has 1 saturated heterocycles. The van der Waals surface area contributed by atoms with Crippen LogP contribution in [0.4, 0.5) is 8.78 Å². The summed E-state index contributed by atoms with van der Waals surface area (Å²) in [6.45, 7) is 2.10. The Balaban J connectivity index is 1.67. The van der Waals surface area contributed by atoms with Crippen LogP contribution in [0.15, 0.2) is 72.3 Å². The zero-order chi connectivity index (χ0) is 25.8. The second-order valence-electron chi connectivity index (χ2n) is 8.43. The summed E-state index contributed by atoms with van der Waals surface area (Å²) in [5, 5.41) is 11.1. The predicted octanol–water partition coefficient (Wildman–Crippen LogP) is 4.92. The average Bonchev–Trinajstić information content (AvgIpc) is 3.13. The standard InChI is InChI=1S/C28H25F2NO5/c1-17-15-20(7-12-23(17)30)26(32)24-25(31(13-14-35-2)28(34)27(24)33)19-5-10-22(11-6-19)36-16-18-3-8-21(29)9-4-18/h3-12,15,25,32H,13-14,16H2,1-2H3/b26-24-. The third kappa shape index (κ3) is 5.13. The first-order valence-corrected chi connectivity index (χ1v) is 11.3. The van der Waals surface area contributed by atoms with Crippen molar-refractivity contribution < 1.29 is 33.0 Å². The molecule has 1 atom stereocenters. The lowest BCUT2D eigenvalue weighted by Crippen LogP contribution is -2.32. The lowest BCUT2D eigenvalue weighted by Gasteiger charge is -2.25. The first-order valence-electron chi connectivity index (χ1n) is 11.3. The molecule has 0 radical (unpaired) electrons. The van der Waals surface area contributed by atoms with Crippen LogP contribution in [0.1, 0.15) is 28.3 Å². The van der Waals surface area contributed by atoms with E-state index in [1.165, 1.54) is 42.3 Å². The molecule has 36 heavy (non-hydrogen) atoms. The number of carbonyl (C=O) groups excluding carboxylic acids is 2. The molecule has 1 unspecified atom stereocenters. The number of rotatable bonds is 8. The van der Waals surface area contributed by atoms with Gasteiger partial charge in [0.1, 0.15) is 29.8 Å². The van der Waals surface area contributed by atoms with E-state index in [-0.39, 0.29) is 42.5 Å². The molecule has 1 aliphatic rings. The first-order chi connectivity index (χ1) is 17.3. The van der Waals surface area contributed by atoms with Crippen LogP contribution in [0.2, 0.25) is 0 Å². The highest BCUT2D eigenvalue weighted by molar-refractivity contribution is 6.46. The van der Waals surface area contributed by atoms with E-state index in [2.05, 4.69) is 0 Å². The molecule has 1 heterocycles. The average molecular weight is 494 g/mol. The summed E-state index contributed by atoms with van der Waals surface area (Å²) >= 11 is 0. The summed E-state index contributed by atoms with van der Waals surface area (Å²) < 4.78 is 37.8. The number of amides is 1. The molecule has 0 bridgehead atoms. The highest BCUT2D eigenvalue weighted by Gasteiger charge is 2.45. The van der Waals surface area contributed by atoms with Gasteiger partial charge >= 0.3 is 0 Å². The zero-order valence-corrected chi connectivity index (χ0v) is 19.8. The fraction of sp³-hybridized carbons (Fsp3) is 0.214. The Hall–Kier alpha value is -4.04. The summed E-state index contributed by atoms with van der Waals surface area (Å²) in [5.74, 6) is -2.20. The molecule has 1 N–H and O–H groups in total. The van der Waals surface area contributed by atoms with E-state index < -0.39 is 23.5 Å². The third-order valence-electron chi connectivity index (χ3n) is 6.02. The van der Waals surface area contributed by atoms with Crippen LogP contribution < -0.4 is 4.74 Å². The largest absolute Gasteiger partial charge is 0.507 e. The van der Waals surface area contributed by atoms with Crippen LogP contribution in [-0.2, 0) is 20.9 Å². The minimum atomic E-state index is -0.864. The molecule has 0 aliphatic carbocycles. The van der Waals surface area contributed by atoms with E-state index in [4.69, 9.17) is 9.47 Å². The van der Waals surface area contributed by atoms with E-state index >= 15 is 0 Å². The summed E-state index contributed by atoms with van der Waals surface area (Å²) in [5.41, 5.74) is 1.83. The molecular formula is C28H25F2NO5. The number of aliphatic hydroxyl groups is 1. The van der Waals surface area contributed by atoms with E-state index in [0.29, 0.717) is 16.9 Å². The van der Waals surface area contributed by atoms with Gasteiger partial charge in [-0.25, -0.2) is 8.78 Å². The van der Waals surface area contributed by atoms with Gasteiger partial charge in [-0.05, 0) is 66.1 Å². The lowest BCUT2D eigenvalue weighted by atomic mass is 9.94. The second-order valence-corrected chi connectivity index (χ2v) is 8.43. The second kappa shape index (κ2) is 10.7. The van der Waals surface area contributed by atoms with Gasteiger partial charge in [-0.1, -0.05) is 24.3 Å². The van der Waals surface area contributed by atoms with Crippen molar-refractivity contribution in [2.45, 2.75) is 19.6 Å². The molecule has 3 aromatic rings. The molecule has 0 spiro atoms. The van der Waals surface area contributed by atoms with Crippen molar-refractivity contribution in [3.8, 4) is 5.75 Å². The Kier molecular flexibility index (Phi) is 7.45. The number of nitrogens with zero attached hydrogens (tertiary/aromatic N) is 1. The van der Waals surface area contributed by atoms with Gasteiger partial charge in [-0.2, -0.15) is 0 Å². The number of hydrogen-bond donors (Lipinski definition) is 1. The van der Waals surface area contributed by atoms with E-state index in [1.807, 2.05) is 0 Å². The first kappa shape index (κ1) is 25.1. The molecule has 186 valence electrons. The highest BCUT2D eigenvalue weighted by atomic mass is 19.1. The maximum atomic E-state index is 13.8. The topological polar surface area (TPSA) is 76.1 Å². The third-order valence-corrected chi connectivity index (χ3v) is 6.02. The summed E-state index contributed by atoms with van der Waals surface area (Å²) in [6, 6.07) is 15.9. The number of methoxy groups -OCH3 is 1. The summed E-state index contributed by atoms with van der Waals surface area (Å²) in [7, 11) is 1.49. The zero-order valence-electron chi connectivity index (χ0n) is 19.8. The highest BCUT2D eigenvalue weighted by Crippen LogP contribution is 2.39. The number of aryl methyl sites for hydroxylation is 1. The Bertz CT molecular complexity index is 1300. The van der Waals surface area contributed by atoms with E-state index in [9.17, 15) is 23.5 Å². The lowest BCUT2D eigenvalue weighted by molar-refractivity contribution is -0.140. The Morgan fingerprint density at radius 2 is 1.69 bits per heavy atom. The Morgan fingerprint density at radius 1 is 1.00 bits per heavy atom. The van der Waals surface area contributed by atoms with Gasteiger partial charge in [0.25, 0.3) is 11.7 Å². The molecule has 1 aliphatic heterocycles. The quantitative estimate of drug-likeness (QED) is 0.274. The minimum absolute atomic E-state index is 0.0814. The molecule has 0 aromatic heterocycles. The van der Waals surface area contributed by atoms with Crippen LogP contribution in [0, 0.1) is 18.6 Å². The molecule has 1 fully saturated rings. The fourth-order valence-electron chi connectivity index (χ4n) is 4.09. The molecule has 1 amide bonds. The Morgan fingerprint density at radius 3 is 2.33 bits per heavy atom. The van der Waals surface area contributed by atoms with Gasteiger partial charge < -0.3 is 19.5 Å². The number of ether oxygens (including phenoxy) is 2. The van der Waals surface area contributed by atoms with Crippen molar-refractivity contribution in [1.29, 1.82) is 0 Å². The van der Waals surface area contributed by atoms with E-state index in [0.717, 1.165) is 5.56 Å². The number of carbonyl (C=O) groups is 2. The molecular weight excluding hydrogens is 468 g/mol. The maximum absolute atomic E-state index is 13.8. The monoisotopic (exact) mass is 493 g/mol. The van der Waals surface area contributed by atoms with Gasteiger partial charge in [0.2, 0.25) is 0 Å². The van der Waals surface area contributed by atoms with Crippen LogP contribution in [0.3, 0.4) is 0 Å². The molecule has 8 heteroatoms. The van der Waals surface area contributed by atoms with Crippen molar-refractivity contribution in [1.82, 2.24) is 4.90 Å². The minimum Gasteiger partial charge on any atom is -0.507 e. The van der Waals surface area contributed by atoms with Crippen molar-refractivity contribution >= 4 is 17.4 Å².